The Hall–Kier alpha value is -3.88. The molecule has 9 heteroatoms. The summed E-state index contributed by atoms with van der Waals surface area (Å²) in [6.07, 6.45) is 0.372. The second-order valence-corrected chi connectivity index (χ2v) is 6.20. The molecular formula is C20H20N4O5. The number of nitro benzene ring substituents is 1. The minimum atomic E-state index is -0.622. The SMILES string of the molecule is C=C(C)C(=O)OCCCC(=O)c1ccc(N=Nc2ccc(N)cc2)c([N+](=O)[O-])c1. The number of ketones is 1. The average molecular weight is 396 g/mol. The van der Waals surface area contributed by atoms with Crippen molar-refractivity contribution in [1.29, 1.82) is 0 Å². The first-order chi connectivity index (χ1) is 13.8. The number of nitrogens with two attached hydrogens (primary N) is 1. The monoisotopic (exact) mass is 396 g/mol. The molecule has 0 fully saturated rings. The van der Waals surface area contributed by atoms with Gasteiger partial charge in [0.05, 0.1) is 17.2 Å². The number of hydrogen-bond donors (Lipinski definition) is 1. The van der Waals surface area contributed by atoms with Crippen molar-refractivity contribution in [3.05, 3.63) is 70.3 Å². The van der Waals surface area contributed by atoms with Crippen LogP contribution in [0.5, 0.6) is 0 Å². The normalized spacial score (nSPS) is 10.7. The number of azo groups is 1. The highest BCUT2D eigenvalue weighted by Gasteiger charge is 2.18. The molecule has 29 heavy (non-hydrogen) atoms. The lowest BCUT2D eigenvalue weighted by Gasteiger charge is -2.05. The minimum absolute atomic E-state index is 0.0266. The van der Waals surface area contributed by atoms with Crippen LogP contribution in [0.25, 0.3) is 0 Å². The number of nitro groups is 1. The highest BCUT2D eigenvalue weighted by atomic mass is 16.6. The average Bonchev–Trinajstić information content (AvgIpc) is 2.70. The number of hydrogen-bond acceptors (Lipinski definition) is 8. The molecule has 150 valence electrons. The van der Waals surface area contributed by atoms with Crippen LogP contribution < -0.4 is 5.73 Å². The molecule has 0 aromatic heterocycles. The molecule has 2 aromatic carbocycles. The first-order valence-corrected chi connectivity index (χ1v) is 8.69. The molecule has 0 amide bonds. The Morgan fingerprint density at radius 3 is 2.48 bits per heavy atom. The van der Waals surface area contributed by atoms with Crippen LogP contribution in [0.15, 0.2) is 64.8 Å². The van der Waals surface area contributed by atoms with Gasteiger partial charge in [-0.25, -0.2) is 4.79 Å². The summed E-state index contributed by atoms with van der Waals surface area (Å²) in [6.45, 7) is 5.05. The van der Waals surface area contributed by atoms with Gasteiger partial charge in [-0.3, -0.25) is 14.9 Å². The van der Waals surface area contributed by atoms with Crippen molar-refractivity contribution in [2.75, 3.05) is 12.3 Å². The summed E-state index contributed by atoms with van der Waals surface area (Å²) in [4.78, 5) is 34.3. The number of esters is 1. The lowest BCUT2D eigenvalue weighted by molar-refractivity contribution is -0.384. The molecule has 0 aliphatic rings. The van der Waals surface area contributed by atoms with Crippen molar-refractivity contribution < 1.29 is 19.2 Å². The molecule has 9 nitrogen and oxygen atoms in total. The smallest absolute Gasteiger partial charge is 0.333 e. The summed E-state index contributed by atoms with van der Waals surface area (Å²) in [6, 6.07) is 10.5. The van der Waals surface area contributed by atoms with Gasteiger partial charge in [-0.1, -0.05) is 6.58 Å². The fraction of sp³-hybridized carbons (Fsp3) is 0.200. The Morgan fingerprint density at radius 1 is 1.17 bits per heavy atom. The van der Waals surface area contributed by atoms with E-state index >= 15 is 0 Å². The number of carbonyl (C=O) groups excluding carboxylic acids is 2. The molecule has 0 heterocycles. The molecule has 0 aliphatic carbocycles. The van der Waals surface area contributed by atoms with Crippen LogP contribution in [-0.4, -0.2) is 23.3 Å². The van der Waals surface area contributed by atoms with Crippen LogP contribution >= 0.6 is 0 Å². The van der Waals surface area contributed by atoms with Crippen molar-refractivity contribution in [2.24, 2.45) is 10.2 Å². The molecule has 0 spiro atoms. The zero-order chi connectivity index (χ0) is 21.4. The molecule has 0 radical (unpaired) electrons. The van der Waals surface area contributed by atoms with Crippen molar-refractivity contribution in [3.63, 3.8) is 0 Å². The Kier molecular flexibility index (Phi) is 7.30. The number of nitrogens with zero attached hydrogens (tertiary/aromatic N) is 3. The summed E-state index contributed by atoms with van der Waals surface area (Å²) >= 11 is 0. The molecule has 0 atom stereocenters. The molecule has 0 aliphatic heterocycles. The van der Waals surface area contributed by atoms with Crippen LogP contribution in [0.1, 0.15) is 30.1 Å². The van der Waals surface area contributed by atoms with E-state index in [1.807, 2.05) is 0 Å². The number of carbonyl (C=O) groups is 2. The van der Waals surface area contributed by atoms with Gasteiger partial charge in [0.2, 0.25) is 0 Å². The maximum Gasteiger partial charge on any atom is 0.333 e. The first kappa shape index (κ1) is 21.4. The van der Waals surface area contributed by atoms with Crippen molar-refractivity contribution in [3.8, 4) is 0 Å². The van der Waals surface area contributed by atoms with Crippen molar-refractivity contribution >= 4 is 34.5 Å². The third-order valence-electron chi connectivity index (χ3n) is 3.79. The van der Waals surface area contributed by atoms with E-state index in [4.69, 9.17) is 10.5 Å². The van der Waals surface area contributed by atoms with E-state index in [0.29, 0.717) is 17.8 Å². The van der Waals surface area contributed by atoms with Gasteiger partial charge in [-0.05, 0) is 49.7 Å². The number of ether oxygens (including phenoxy) is 1. The third-order valence-corrected chi connectivity index (χ3v) is 3.79. The van der Waals surface area contributed by atoms with Gasteiger partial charge in [0.15, 0.2) is 11.5 Å². The number of anilines is 1. The zero-order valence-electron chi connectivity index (χ0n) is 15.8. The van der Waals surface area contributed by atoms with E-state index in [1.165, 1.54) is 25.1 Å². The summed E-state index contributed by atoms with van der Waals surface area (Å²) in [7, 11) is 0. The van der Waals surface area contributed by atoms with Gasteiger partial charge >= 0.3 is 5.97 Å². The molecule has 0 bridgehead atoms. The second kappa shape index (κ2) is 9.88. The Morgan fingerprint density at radius 2 is 1.86 bits per heavy atom. The standard InChI is InChI=1S/C20H20N4O5/c1-13(2)20(26)29-11-3-4-19(25)14-5-10-17(18(12-14)24(27)28)23-22-16-8-6-15(21)7-9-16/h5-10,12H,1,3-4,11,21H2,2H3. The van der Waals surface area contributed by atoms with Crippen molar-refractivity contribution in [2.45, 2.75) is 19.8 Å². The topological polar surface area (TPSA) is 137 Å². The quantitative estimate of drug-likeness (QED) is 0.0955. The summed E-state index contributed by atoms with van der Waals surface area (Å²) in [5.74, 6) is -0.828. The van der Waals surface area contributed by atoms with E-state index < -0.39 is 10.9 Å². The largest absolute Gasteiger partial charge is 0.462 e. The Bertz CT molecular complexity index is 967. The second-order valence-electron chi connectivity index (χ2n) is 6.20. The summed E-state index contributed by atoms with van der Waals surface area (Å²) in [5.41, 5.74) is 6.78. The Balaban J connectivity index is 2.07. The number of Topliss-reactive ketones (excluding diaryl/α,β-unsaturated/α-hetero) is 1. The lowest BCUT2D eigenvalue weighted by Crippen LogP contribution is -2.08. The van der Waals surface area contributed by atoms with Gasteiger partial charge in [0.25, 0.3) is 5.69 Å². The zero-order valence-corrected chi connectivity index (χ0v) is 15.8. The molecule has 0 unspecified atom stereocenters. The Labute approximate surface area is 167 Å². The van der Waals surface area contributed by atoms with Crippen LogP contribution in [0.3, 0.4) is 0 Å². The molecule has 2 aromatic rings. The summed E-state index contributed by atoms with van der Waals surface area (Å²) < 4.78 is 4.92. The van der Waals surface area contributed by atoms with Crippen molar-refractivity contribution in [1.82, 2.24) is 0 Å². The number of nitrogen functional groups attached to an aromatic ring is 1. The van der Waals surface area contributed by atoms with E-state index in [-0.39, 0.29) is 41.3 Å². The molecule has 2 N–H and O–H groups in total. The van der Waals surface area contributed by atoms with Crippen LogP contribution in [-0.2, 0) is 9.53 Å². The van der Waals surface area contributed by atoms with Gasteiger partial charge in [0, 0.05) is 29.3 Å². The predicted octanol–water partition coefficient (Wildman–Crippen LogP) is 4.67. The van der Waals surface area contributed by atoms with Gasteiger partial charge in [-0.2, -0.15) is 5.11 Å². The molecular weight excluding hydrogens is 376 g/mol. The highest BCUT2D eigenvalue weighted by molar-refractivity contribution is 5.97. The fourth-order valence-corrected chi connectivity index (χ4v) is 2.25. The third kappa shape index (κ3) is 6.35. The maximum absolute atomic E-state index is 12.3. The maximum atomic E-state index is 12.3. The highest BCUT2D eigenvalue weighted by Crippen LogP contribution is 2.30. The van der Waals surface area contributed by atoms with Crippen LogP contribution in [0.2, 0.25) is 0 Å². The fourth-order valence-electron chi connectivity index (χ4n) is 2.25. The number of rotatable bonds is 9. The van der Waals surface area contributed by atoms with Gasteiger partial charge < -0.3 is 10.5 Å². The number of benzene rings is 2. The van der Waals surface area contributed by atoms with Crippen LogP contribution in [0.4, 0.5) is 22.7 Å². The summed E-state index contributed by atoms with van der Waals surface area (Å²) in [5, 5.41) is 19.2. The van der Waals surface area contributed by atoms with E-state index in [1.54, 1.807) is 24.3 Å². The van der Waals surface area contributed by atoms with Gasteiger partial charge in [-0.15, -0.1) is 5.11 Å². The van der Waals surface area contributed by atoms with E-state index in [2.05, 4.69) is 16.8 Å². The minimum Gasteiger partial charge on any atom is -0.462 e. The first-order valence-electron chi connectivity index (χ1n) is 8.69. The predicted molar refractivity (Wildman–Crippen MR) is 107 cm³/mol. The molecule has 0 saturated heterocycles. The molecule has 0 saturated carbocycles. The van der Waals surface area contributed by atoms with E-state index in [0.717, 1.165) is 0 Å². The van der Waals surface area contributed by atoms with E-state index in [9.17, 15) is 19.7 Å². The lowest BCUT2D eigenvalue weighted by atomic mass is 10.1. The van der Waals surface area contributed by atoms with Crippen LogP contribution in [0, 0.1) is 10.1 Å². The molecule has 2 rings (SSSR count). The van der Waals surface area contributed by atoms with Gasteiger partial charge in [0.1, 0.15) is 0 Å².